The van der Waals surface area contributed by atoms with Crippen LogP contribution in [0, 0.1) is 6.92 Å². The zero-order valence-electron chi connectivity index (χ0n) is 10.3. The monoisotopic (exact) mass is 371 g/mol. The van der Waals surface area contributed by atoms with E-state index in [1.54, 1.807) is 13.0 Å². The summed E-state index contributed by atoms with van der Waals surface area (Å²) in [5.41, 5.74) is 0.786. The molecule has 0 aliphatic carbocycles. The topological polar surface area (TPSA) is 74.8 Å². The minimum atomic E-state index is -3.64. The Morgan fingerprint density at radius 1 is 1.35 bits per heavy atom. The van der Waals surface area contributed by atoms with Crippen LogP contribution in [0.4, 0.5) is 5.82 Å². The van der Waals surface area contributed by atoms with Crippen molar-refractivity contribution in [3.8, 4) is 0 Å². The number of aromatic nitrogens is 2. The van der Waals surface area contributed by atoms with Gasteiger partial charge in [-0.05, 0) is 41.1 Å². The van der Waals surface area contributed by atoms with Gasteiger partial charge in [0.25, 0.3) is 10.0 Å². The molecule has 0 amide bonds. The molecule has 5 nitrogen and oxygen atoms in total. The summed E-state index contributed by atoms with van der Waals surface area (Å²) >= 11 is 4.68. The number of rotatable bonds is 3. The number of sulfonamides is 1. The largest absolute Gasteiger partial charge is 0.276 e. The predicted octanol–water partition coefficient (Wildman–Crippen LogP) is 3.50. The Labute approximate surface area is 128 Å². The van der Waals surface area contributed by atoms with E-state index in [9.17, 15) is 8.42 Å². The molecule has 8 heteroatoms. The highest BCUT2D eigenvalue weighted by Gasteiger charge is 2.21. The predicted molar refractivity (Wildman–Crippen MR) is 83.7 cm³/mol. The molecule has 0 aliphatic heterocycles. The number of H-pyrrole nitrogens is 1. The maximum Gasteiger partial charge on any atom is 0.264 e. The van der Waals surface area contributed by atoms with Gasteiger partial charge < -0.3 is 0 Å². The number of thiophene rings is 1. The third-order valence-corrected chi connectivity index (χ3v) is 5.98. The van der Waals surface area contributed by atoms with E-state index in [4.69, 9.17) is 0 Å². The molecule has 1 aromatic carbocycles. The number of benzene rings is 1. The highest BCUT2D eigenvalue weighted by atomic mass is 79.9. The average molecular weight is 372 g/mol. The lowest BCUT2D eigenvalue weighted by Crippen LogP contribution is -2.13. The van der Waals surface area contributed by atoms with Gasteiger partial charge in [-0.2, -0.15) is 5.10 Å². The fourth-order valence-corrected chi connectivity index (χ4v) is 5.36. The number of nitrogens with one attached hydrogen (secondary N) is 2. The van der Waals surface area contributed by atoms with Gasteiger partial charge in [0.05, 0.1) is 9.30 Å². The van der Waals surface area contributed by atoms with Gasteiger partial charge >= 0.3 is 0 Å². The van der Waals surface area contributed by atoms with Crippen LogP contribution in [0.5, 0.6) is 0 Å². The van der Waals surface area contributed by atoms with Crippen LogP contribution in [0.3, 0.4) is 0 Å². The Hall–Kier alpha value is -1.38. The molecule has 3 aromatic rings. The molecule has 0 saturated carbocycles. The number of aromatic amines is 1. The van der Waals surface area contributed by atoms with Crippen molar-refractivity contribution in [1.29, 1.82) is 0 Å². The standard InChI is InChI=1S/C12H10BrN3O2S2/c1-7-10(6-11(13)19-7)20(17,18)16-12-8-4-2-3-5-9(8)14-15-12/h2-6H,1H3,(H2,14,15,16). The summed E-state index contributed by atoms with van der Waals surface area (Å²) in [6.45, 7) is 1.77. The Morgan fingerprint density at radius 2 is 2.10 bits per heavy atom. The normalized spacial score (nSPS) is 11.9. The van der Waals surface area contributed by atoms with Gasteiger partial charge in [0.2, 0.25) is 0 Å². The molecule has 2 aromatic heterocycles. The third-order valence-electron chi connectivity index (χ3n) is 2.83. The van der Waals surface area contributed by atoms with Crippen molar-refractivity contribution in [2.24, 2.45) is 0 Å². The van der Waals surface area contributed by atoms with Gasteiger partial charge in [-0.1, -0.05) is 12.1 Å². The lowest BCUT2D eigenvalue weighted by atomic mass is 10.2. The van der Waals surface area contributed by atoms with Crippen molar-refractivity contribution < 1.29 is 8.42 Å². The average Bonchev–Trinajstić information content (AvgIpc) is 2.94. The van der Waals surface area contributed by atoms with Gasteiger partial charge in [-0.3, -0.25) is 9.82 Å². The molecule has 0 aliphatic rings. The quantitative estimate of drug-likeness (QED) is 0.739. The molecule has 0 radical (unpaired) electrons. The third kappa shape index (κ3) is 2.34. The second-order valence-corrected chi connectivity index (χ2v) is 8.48. The van der Waals surface area contributed by atoms with E-state index in [1.165, 1.54) is 11.3 Å². The van der Waals surface area contributed by atoms with E-state index in [0.717, 1.165) is 19.6 Å². The Balaban J connectivity index is 2.04. The van der Waals surface area contributed by atoms with Crippen LogP contribution in [-0.4, -0.2) is 18.6 Å². The molecular weight excluding hydrogens is 362 g/mol. The second-order valence-electron chi connectivity index (χ2n) is 4.19. The molecule has 104 valence electrons. The van der Waals surface area contributed by atoms with Gasteiger partial charge in [0.1, 0.15) is 4.90 Å². The van der Waals surface area contributed by atoms with E-state index in [0.29, 0.717) is 5.82 Å². The van der Waals surface area contributed by atoms with Gasteiger partial charge in [0, 0.05) is 10.3 Å². The molecule has 20 heavy (non-hydrogen) atoms. The molecule has 2 N–H and O–H groups in total. The van der Waals surface area contributed by atoms with Crippen molar-refractivity contribution >= 4 is 54.0 Å². The van der Waals surface area contributed by atoms with Crippen LogP contribution in [-0.2, 0) is 10.0 Å². The lowest BCUT2D eigenvalue weighted by Gasteiger charge is -2.04. The molecule has 3 rings (SSSR count). The summed E-state index contributed by atoms with van der Waals surface area (Å²) in [7, 11) is -3.64. The first-order chi connectivity index (χ1) is 9.47. The van der Waals surface area contributed by atoms with E-state index in [2.05, 4.69) is 30.8 Å². The fraction of sp³-hybridized carbons (Fsp3) is 0.0833. The highest BCUT2D eigenvalue weighted by Crippen LogP contribution is 2.31. The zero-order chi connectivity index (χ0) is 14.3. The fourth-order valence-electron chi connectivity index (χ4n) is 1.92. The molecule has 0 saturated heterocycles. The maximum absolute atomic E-state index is 12.4. The second kappa shape index (κ2) is 4.87. The van der Waals surface area contributed by atoms with E-state index < -0.39 is 10.0 Å². The Morgan fingerprint density at radius 3 is 2.80 bits per heavy atom. The number of nitrogens with zero attached hydrogens (tertiary/aromatic N) is 1. The number of fused-ring (bicyclic) bond motifs is 1. The summed E-state index contributed by atoms with van der Waals surface area (Å²) in [6, 6.07) is 8.94. The molecule has 2 heterocycles. The van der Waals surface area contributed by atoms with E-state index in [1.807, 2.05) is 24.3 Å². The number of para-hydroxylation sites is 1. The Kier molecular flexibility index (Phi) is 3.31. The van der Waals surface area contributed by atoms with E-state index in [-0.39, 0.29) is 4.90 Å². The minimum Gasteiger partial charge on any atom is -0.276 e. The van der Waals surface area contributed by atoms with Crippen molar-refractivity contribution in [1.82, 2.24) is 10.2 Å². The first-order valence-electron chi connectivity index (χ1n) is 5.69. The van der Waals surface area contributed by atoms with E-state index >= 15 is 0 Å². The molecule has 0 atom stereocenters. The summed E-state index contributed by atoms with van der Waals surface area (Å²) in [5.74, 6) is 0.308. The number of hydrogen-bond donors (Lipinski definition) is 2. The van der Waals surface area contributed by atoms with Crippen molar-refractivity contribution in [2.75, 3.05) is 4.72 Å². The van der Waals surface area contributed by atoms with Crippen LogP contribution >= 0.6 is 27.3 Å². The van der Waals surface area contributed by atoms with Crippen molar-refractivity contribution in [3.05, 3.63) is 39.0 Å². The first-order valence-corrected chi connectivity index (χ1v) is 8.78. The number of hydrogen-bond acceptors (Lipinski definition) is 4. The number of anilines is 1. The zero-order valence-corrected chi connectivity index (χ0v) is 13.6. The van der Waals surface area contributed by atoms with Gasteiger partial charge in [0.15, 0.2) is 5.82 Å². The number of halogens is 1. The SMILES string of the molecule is Cc1sc(Br)cc1S(=O)(=O)Nc1n[nH]c2ccccc12. The summed E-state index contributed by atoms with van der Waals surface area (Å²) < 4.78 is 28.1. The van der Waals surface area contributed by atoms with Crippen molar-refractivity contribution in [2.45, 2.75) is 11.8 Å². The molecule has 0 spiro atoms. The van der Waals surface area contributed by atoms with Gasteiger partial charge in [-0.25, -0.2) is 8.42 Å². The van der Waals surface area contributed by atoms with Crippen LogP contribution in [0.25, 0.3) is 10.9 Å². The summed E-state index contributed by atoms with van der Waals surface area (Å²) in [4.78, 5) is 0.991. The molecule has 0 fully saturated rings. The maximum atomic E-state index is 12.4. The van der Waals surface area contributed by atoms with Crippen LogP contribution < -0.4 is 4.72 Å². The minimum absolute atomic E-state index is 0.265. The smallest absolute Gasteiger partial charge is 0.264 e. The lowest BCUT2D eigenvalue weighted by molar-refractivity contribution is 0.601. The summed E-state index contributed by atoms with van der Waals surface area (Å²) in [5, 5.41) is 7.56. The van der Waals surface area contributed by atoms with Crippen molar-refractivity contribution in [3.63, 3.8) is 0 Å². The molecular formula is C12H10BrN3O2S2. The molecule has 0 bridgehead atoms. The Bertz CT molecular complexity index is 883. The van der Waals surface area contributed by atoms with Crippen LogP contribution in [0.15, 0.2) is 39.0 Å². The molecule has 0 unspecified atom stereocenters. The van der Waals surface area contributed by atoms with Gasteiger partial charge in [-0.15, -0.1) is 11.3 Å². The van der Waals surface area contributed by atoms with Crippen LogP contribution in [0.2, 0.25) is 0 Å². The number of aryl methyl sites for hydroxylation is 1. The first kappa shape index (κ1) is 13.6. The summed E-state index contributed by atoms with van der Waals surface area (Å²) in [6.07, 6.45) is 0. The van der Waals surface area contributed by atoms with Crippen LogP contribution in [0.1, 0.15) is 4.88 Å². The highest BCUT2D eigenvalue weighted by molar-refractivity contribution is 9.11.